The number of aromatic nitrogens is 2. The molecule has 0 radical (unpaired) electrons. The first-order valence-electron chi connectivity index (χ1n) is 11.1. The molecule has 0 spiro atoms. The average Bonchev–Trinajstić information content (AvgIpc) is 3.39. The Morgan fingerprint density at radius 3 is 2.32 bits per heavy atom. The van der Waals surface area contributed by atoms with Crippen molar-refractivity contribution < 1.29 is 17.6 Å². The van der Waals surface area contributed by atoms with E-state index >= 15 is 0 Å². The number of nitrogens with zero attached hydrogens (tertiary/aromatic N) is 2. The third-order valence-corrected chi connectivity index (χ3v) is 6.63. The molecular formula is C28H20F4N2. The minimum absolute atomic E-state index is 0.277. The van der Waals surface area contributed by atoms with Gasteiger partial charge in [-0.2, -0.15) is 13.2 Å². The van der Waals surface area contributed by atoms with Crippen LogP contribution in [0.2, 0.25) is 0 Å². The van der Waals surface area contributed by atoms with Crippen molar-refractivity contribution >= 4 is 10.9 Å². The molecule has 170 valence electrons. The quantitative estimate of drug-likeness (QED) is 0.246. The minimum atomic E-state index is -4.36. The van der Waals surface area contributed by atoms with E-state index in [9.17, 15) is 17.6 Å². The molecule has 0 aliphatic carbocycles. The predicted octanol–water partition coefficient (Wildman–Crippen LogP) is 7.54. The number of hydrogen-bond donors (Lipinski definition) is 0. The molecule has 0 atom stereocenters. The van der Waals surface area contributed by atoms with E-state index in [1.165, 1.54) is 17.7 Å². The van der Waals surface area contributed by atoms with Gasteiger partial charge in [0, 0.05) is 35.2 Å². The van der Waals surface area contributed by atoms with E-state index in [0.717, 1.165) is 64.2 Å². The molecular weight excluding hydrogens is 440 g/mol. The molecule has 1 aliphatic rings. The second kappa shape index (κ2) is 7.62. The summed E-state index contributed by atoms with van der Waals surface area (Å²) in [5.41, 5.74) is 6.30. The lowest BCUT2D eigenvalue weighted by atomic mass is 10.0. The molecule has 3 heterocycles. The molecule has 6 rings (SSSR count). The lowest BCUT2D eigenvalue weighted by Gasteiger charge is -2.22. The maximum Gasteiger partial charge on any atom is 0.416 e. The maximum absolute atomic E-state index is 13.9. The molecule has 0 unspecified atom stereocenters. The van der Waals surface area contributed by atoms with Gasteiger partial charge in [-0.3, -0.25) is 0 Å². The van der Waals surface area contributed by atoms with E-state index in [2.05, 4.69) is 27.3 Å². The van der Waals surface area contributed by atoms with E-state index in [-0.39, 0.29) is 5.82 Å². The Balaban J connectivity index is 1.50. The number of fused-ring (bicyclic) bond motifs is 5. The summed E-state index contributed by atoms with van der Waals surface area (Å²) < 4.78 is 57.4. The standard InChI is InChI=1S/C28H20F4N2/c29-21-5-3-4-19(16-21)24-12-13-26-27-23(14-15-33(24)26)22-6-1-2-7-25(22)34(27)17-18-8-10-20(11-9-18)28(30,31)32/h1-13,16H,14-15,17H2. The van der Waals surface area contributed by atoms with Crippen molar-refractivity contribution in [3.8, 4) is 22.6 Å². The Hall–Kier alpha value is -3.80. The molecule has 0 fully saturated rings. The van der Waals surface area contributed by atoms with Crippen molar-refractivity contribution in [1.29, 1.82) is 0 Å². The molecule has 34 heavy (non-hydrogen) atoms. The van der Waals surface area contributed by atoms with Crippen LogP contribution >= 0.6 is 0 Å². The van der Waals surface area contributed by atoms with Gasteiger partial charge in [-0.05, 0) is 60.0 Å². The predicted molar refractivity (Wildman–Crippen MR) is 125 cm³/mol. The van der Waals surface area contributed by atoms with Crippen molar-refractivity contribution in [2.45, 2.75) is 25.7 Å². The van der Waals surface area contributed by atoms with Crippen LogP contribution in [0.3, 0.4) is 0 Å². The molecule has 6 heteroatoms. The number of hydrogen-bond acceptors (Lipinski definition) is 0. The summed E-state index contributed by atoms with van der Waals surface area (Å²) >= 11 is 0. The smallest absolute Gasteiger partial charge is 0.339 e. The highest BCUT2D eigenvalue weighted by atomic mass is 19.4. The lowest BCUT2D eigenvalue weighted by molar-refractivity contribution is -0.137. The van der Waals surface area contributed by atoms with Crippen LogP contribution in [0, 0.1) is 5.82 Å². The highest BCUT2D eigenvalue weighted by molar-refractivity contribution is 5.92. The number of para-hydroxylation sites is 1. The Kier molecular flexibility index (Phi) is 4.66. The van der Waals surface area contributed by atoms with Crippen molar-refractivity contribution in [3.63, 3.8) is 0 Å². The van der Waals surface area contributed by atoms with Crippen molar-refractivity contribution in [2.24, 2.45) is 0 Å². The number of alkyl halides is 3. The van der Waals surface area contributed by atoms with E-state index in [1.54, 1.807) is 18.2 Å². The highest BCUT2D eigenvalue weighted by Gasteiger charge is 2.30. The third kappa shape index (κ3) is 3.33. The summed E-state index contributed by atoms with van der Waals surface area (Å²) in [6.07, 6.45) is -3.54. The van der Waals surface area contributed by atoms with Crippen molar-refractivity contribution in [2.75, 3.05) is 0 Å². The SMILES string of the molecule is Fc1cccc(-c2ccc3n2CCc2c-3n(Cc3ccc(C(F)(F)F)cc3)c3ccccc23)c1. The van der Waals surface area contributed by atoms with Crippen LogP contribution in [-0.2, 0) is 25.7 Å². The minimum Gasteiger partial charge on any atom is -0.339 e. The number of aryl methyl sites for hydroxylation is 1. The monoisotopic (exact) mass is 460 g/mol. The molecule has 0 N–H and O–H groups in total. The van der Waals surface area contributed by atoms with E-state index in [0.29, 0.717) is 6.54 Å². The van der Waals surface area contributed by atoms with Crippen LogP contribution in [0.25, 0.3) is 33.5 Å². The van der Waals surface area contributed by atoms with Gasteiger partial charge >= 0.3 is 6.18 Å². The first-order valence-corrected chi connectivity index (χ1v) is 11.1. The first kappa shape index (κ1) is 20.8. The molecule has 0 bridgehead atoms. The fourth-order valence-corrected chi connectivity index (χ4v) is 5.11. The van der Waals surface area contributed by atoms with Gasteiger partial charge in [0.15, 0.2) is 0 Å². The average molecular weight is 460 g/mol. The van der Waals surface area contributed by atoms with Gasteiger partial charge in [0.1, 0.15) is 5.82 Å². The Morgan fingerprint density at radius 1 is 0.794 bits per heavy atom. The van der Waals surface area contributed by atoms with Crippen LogP contribution in [0.4, 0.5) is 17.6 Å². The summed E-state index contributed by atoms with van der Waals surface area (Å²) in [7, 11) is 0. The molecule has 3 aromatic carbocycles. The van der Waals surface area contributed by atoms with Crippen LogP contribution < -0.4 is 0 Å². The largest absolute Gasteiger partial charge is 0.416 e. The summed E-state index contributed by atoms with van der Waals surface area (Å²) in [4.78, 5) is 0. The molecule has 0 saturated heterocycles. The molecule has 5 aromatic rings. The van der Waals surface area contributed by atoms with Gasteiger partial charge in [0.2, 0.25) is 0 Å². The van der Waals surface area contributed by atoms with Crippen molar-refractivity contribution in [1.82, 2.24) is 9.13 Å². The van der Waals surface area contributed by atoms with Gasteiger partial charge in [0.05, 0.1) is 17.0 Å². The maximum atomic E-state index is 13.9. The van der Waals surface area contributed by atoms with Crippen LogP contribution in [0.5, 0.6) is 0 Å². The summed E-state index contributed by atoms with van der Waals surface area (Å²) in [6.45, 7) is 1.23. The molecule has 2 nitrogen and oxygen atoms in total. The molecule has 2 aromatic heterocycles. The second-order valence-electron chi connectivity index (χ2n) is 8.64. The topological polar surface area (TPSA) is 9.86 Å². The van der Waals surface area contributed by atoms with Gasteiger partial charge in [-0.1, -0.05) is 42.5 Å². The Labute approximate surface area is 193 Å². The molecule has 1 aliphatic heterocycles. The van der Waals surface area contributed by atoms with Crippen molar-refractivity contribution in [3.05, 3.63) is 107 Å². The van der Waals surface area contributed by atoms with E-state index in [4.69, 9.17) is 0 Å². The van der Waals surface area contributed by atoms with Gasteiger partial charge < -0.3 is 9.13 Å². The highest BCUT2D eigenvalue weighted by Crippen LogP contribution is 2.41. The van der Waals surface area contributed by atoms with E-state index in [1.807, 2.05) is 24.3 Å². The Bertz CT molecular complexity index is 1520. The third-order valence-electron chi connectivity index (χ3n) is 6.63. The fraction of sp³-hybridized carbons (Fsp3) is 0.143. The van der Waals surface area contributed by atoms with Gasteiger partial charge in [-0.25, -0.2) is 4.39 Å². The zero-order chi connectivity index (χ0) is 23.4. The fourth-order valence-electron chi connectivity index (χ4n) is 5.11. The van der Waals surface area contributed by atoms with Crippen LogP contribution in [0.15, 0.2) is 84.9 Å². The normalized spacial score (nSPS) is 13.2. The summed E-state index contributed by atoms with van der Waals surface area (Å²) in [5, 5.41) is 1.16. The second-order valence-corrected chi connectivity index (χ2v) is 8.64. The van der Waals surface area contributed by atoms with Crippen LogP contribution in [0.1, 0.15) is 16.7 Å². The van der Waals surface area contributed by atoms with Gasteiger partial charge in [-0.15, -0.1) is 0 Å². The number of halogens is 4. The zero-order valence-corrected chi connectivity index (χ0v) is 18.1. The number of benzene rings is 3. The Morgan fingerprint density at radius 2 is 1.56 bits per heavy atom. The van der Waals surface area contributed by atoms with Gasteiger partial charge in [0.25, 0.3) is 0 Å². The van der Waals surface area contributed by atoms with Crippen LogP contribution in [-0.4, -0.2) is 9.13 Å². The molecule has 0 amide bonds. The first-order chi connectivity index (χ1) is 16.4. The summed E-state index contributed by atoms with van der Waals surface area (Å²) in [5.74, 6) is -0.277. The number of rotatable bonds is 3. The summed E-state index contributed by atoms with van der Waals surface area (Å²) in [6, 6.07) is 24.2. The van der Waals surface area contributed by atoms with E-state index < -0.39 is 11.7 Å². The zero-order valence-electron chi connectivity index (χ0n) is 18.1. The lowest BCUT2D eigenvalue weighted by Crippen LogP contribution is -2.14. The molecule has 0 saturated carbocycles.